The van der Waals surface area contributed by atoms with Crippen molar-refractivity contribution in [3.8, 4) is 0 Å². The number of fused-ring (bicyclic) bond motifs is 1. The predicted octanol–water partition coefficient (Wildman–Crippen LogP) is 3.76. The largest absolute Gasteiger partial charge is 0.330 e. The Bertz CT molecular complexity index is 1080. The van der Waals surface area contributed by atoms with Crippen molar-refractivity contribution in [2.24, 2.45) is 11.0 Å². The smallest absolute Gasteiger partial charge is 0.282 e. The molecule has 0 amide bonds. The van der Waals surface area contributed by atoms with Gasteiger partial charge in [-0.15, -0.1) is 0 Å². The van der Waals surface area contributed by atoms with Gasteiger partial charge in [-0.1, -0.05) is 37.6 Å². The van der Waals surface area contributed by atoms with Gasteiger partial charge in [0, 0.05) is 6.54 Å². The molecule has 0 aliphatic heterocycles. The van der Waals surface area contributed by atoms with Crippen molar-refractivity contribution >= 4 is 40.9 Å². The first-order chi connectivity index (χ1) is 11.9. The molecule has 3 aromatic rings. The van der Waals surface area contributed by atoms with Crippen LogP contribution in [0.25, 0.3) is 10.9 Å². The minimum absolute atomic E-state index is 0.225. The lowest BCUT2D eigenvalue weighted by Gasteiger charge is -2.05. The van der Waals surface area contributed by atoms with Crippen LogP contribution in [0.5, 0.6) is 0 Å². The lowest BCUT2D eigenvalue weighted by Crippen LogP contribution is -2.18. The molecule has 0 aliphatic rings. The number of hydrogen-bond acceptors (Lipinski definition) is 4. The Hall–Kier alpha value is -2.25. The summed E-state index contributed by atoms with van der Waals surface area (Å²) in [7, 11) is 0. The van der Waals surface area contributed by atoms with E-state index in [1.165, 1.54) is 6.21 Å². The van der Waals surface area contributed by atoms with E-state index in [0.29, 0.717) is 34.1 Å². The molecule has 130 valence electrons. The number of benzene rings is 1. The zero-order chi connectivity index (χ0) is 18.1. The minimum atomic E-state index is -0.279. The summed E-state index contributed by atoms with van der Waals surface area (Å²) in [6, 6.07) is 7.17. The SMILES string of the molecule is Cc1nn(CC(C)C)c(Cl)c1C=Nn1c(=S)[nH]c2ccccc2c1=O. The highest BCUT2D eigenvalue weighted by molar-refractivity contribution is 7.71. The van der Waals surface area contributed by atoms with E-state index in [2.05, 4.69) is 29.0 Å². The van der Waals surface area contributed by atoms with Crippen molar-refractivity contribution in [1.82, 2.24) is 19.4 Å². The summed E-state index contributed by atoms with van der Waals surface area (Å²) in [4.78, 5) is 15.6. The molecule has 3 rings (SSSR count). The number of para-hydroxylation sites is 1. The number of nitrogens with zero attached hydrogens (tertiary/aromatic N) is 4. The van der Waals surface area contributed by atoms with E-state index in [4.69, 9.17) is 23.8 Å². The maximum absolute atomic E-state index is 12.6. The second-order valence-corrected chi connectivity index (χ2v) is 6.95. The Morgan fingerprint density at radius 2 is 2.12 bits per heavy atom. The van der Waals surface area contributed by atoms with E-state index in [-0.39, 0.29) is 10.3 Å². The molecule has 0 spiro atoms. The predicted molar refractivity (Wildman–Crippen MR) is 103 cm³/mol. The molecule has 8 heteroatoms. The van der Waals surface area contributed by atoms with Crippen molar-refractivity contribution in [1.29, 1.82) is 0 Å². The molecule has 25 heavy (non-hydrogen) atoms. The number of aryl methyl sites for hydroxylation is 1. The minimum Gasteiger partial charge on any atom is -0.330 e. The summed E-state index contributed by atoms with van der Waals surface area (Å²) in [5.41, 5.74) is 1.83. The third-order valence-corrected chi connectivity index (χ3v) is 4.41. The third-order valence-electron chi connectivity index (χ3n) is 3.73. The molecular formula is C17H18ClN5OS. The lowest BCUT2D eigenvalue weighted by atomic mass is 10.2. The molecule has 1 aromatic carbocycles. The molecule has 0 aliphatic carbocycles. The average molecular weight is 376 g/mol. The van der Waals surface area contributed by atoms with E-state index < -0.39 is 0 Å². The molecular weight excluding hydrogens is 358 g/mol. The number of hydrogen-bond donors (Lipinski definition) is 1. The molecule has 2 aromatic heterocycles. The van der Waals surface area contributed by atoms with Gasteiger partial charge in [-0.2, -0.15) is 14.9 Å². The Labute approximate surface area is 154 Å². The number of aromatic nitrogens is 4. The van der Waals surface area contributed by atoms with Crippen molar-refractivity contribution in [2.75, 3.05) is 0 Å². The van der Waals surface area contributed by atoms with E-state index >= 15 is 0 Å². The van der Waals surface area contributed by atoms with Crippen LogP contribution >= 0.6 is 23.8 Å². The molecule has 0 unspecified atom stereocenters. The summed E-state index contributed by atoms with van der Waals surface area (Å²) in [6.45, 7) is 6.75. The zero-order valence-corrected chi connectivity index (χ0v) is 15.7. The topological polar surface area (TPSA) is 68.0 Å². The fourth-order valence-electron chi connectivity index (χ4n) is 2.55. The lowest BCUT2D eigenvalue weighted by molar-refractivity contribution is 0.482. The highest BCUT2D eigenvalue weighted by Gasteiger charge is 2.13. The van der Waals surface area contributed by atoms with Gasteiger partial charge in [-0.25, -0.2) is 0 Å². The van der Waals surface area contributed by atoms with Crippen LogP contribution in [-0.4, -0.2) is 25.7 Å². The van der Waals surface area contributed by atoms with Gasteiger partial charge < -0.3 is 4.98 Å². The number of H-pyrrole nitrogens is 1. The number of nitrogens with one attached hydrogen (secondary N) is 1. The molecule has 0 atom stereocenters. The molecule has 0 saturated heterocycles. The van der Waals surface area contributed by atoms with E-state index in [1.807, 2.05) is 13.0 Å². The Kier molecular flexibility index (Phi) is 4.87. The standard InChI is InChI=1S/C17H18ClN5OS/c1-10(2)9-22-15(18)13(11(3)21-22)8-19-23-16(24)12-6-4-5-7-14(12)20-17(23)25/h4-8,10H,9H2,1-3H3,(H,20,25). The molecule has 6 nitrogen and oxygen atoms in total. The van der Waals surface area contributed by atoms with Gasteiger partial charge >= 0.3 is 0 Å². The fourth-order valence-corrected chi connectivity index (χ4v) is 3.09. The molecule has 1 N–H and O–H groups in total. The Morgan fingerprint density at radius 1 is 1.40 bits per heavy atom. The first-order valence-corrected chi connectivity index (χ1v) is 8.68. The van der Waals surface area contributed by atoms with Crippen molar-refractivity contribution in [3.63, 3.8) is 0 Å². The Balaban J connectivity index is 2.07. The molecule has 0 saturated carbocycles. The summed E-state index contributed by atoms with van der Waals surface area (Å²) in [5.74, 6) is 0.415. The zero-order valence-electron chi connectivity index (χ0n) is 14.2. The van der Waals surface area contributed by atoms with E-state index in [1.54, 1.807) is 22.9 Å². The molecule has 2 heterocycles. The number of rotatable bonds is 4. The first-order valence-electron chi connectivity index (χ1n) is 7.90. The maximum Gasteiger partial charge on any atom is 0.282 e. The molecule has 0 radical (unpaired) electrons. The van der Waals surface area contributed by atoms with Crippen LogP contribution in [0.3, 0.4) is 0 Å². The number of aromatic amines is 1. The third kappa shape index (κ3) is 3.43. The van der Waals surface area contributed by atoms with Crippen LogP contribution in [0.1, 0.15) is 25.1 Å². The quantitative estimate of drug-likeness (QED) is 0.557. The number of halogens is 1. The second-order valence-electron chi connectivity index (χ2n) is 6.20. The summed E-state index contributed by atoms with van der Waals surface area (Å²) >= 11 is 11.7. The second kappa shape index (κ2) is 6.93. The van der Waals surface area contributed by atoms with Gasteiger partial charge in [0.1, 0.15) is 5.15 Å². The maximum atomic E-state index is 12.6. The van der Waals surface area contributed by atoms with Crippen molar-refractivity contribution in [2.45, 2.75) is 27.3 Å². The van der Waals surface area contributed by atoms with Gasteiger partial charge in [-0.3, -0.25) is 9.48 Å². The monoisotopic (exact) mass is 375 g/mol. The van der Waals surface area contributed by atoms with Crippen molar-refractivity contribution < 1.29 is 0 Å². The van der Waals surface area contributed by atoms with Gasteiger partial charge in [0.15, 0.2) is 0 Å². The fraction of sp³-hybridized carbons (Fsp3) is 0.294. The van der Waals surface area contributed by atoms with E-state index in [9.17, 15) is 4.79 Å². The Morgan fingerprint density at radius 3 is 2.84 bits per heavy atom. The van der Waals surface area contributed by atoms with Gasteiger partial charge in [0.05, 0.1) is 28.4 Å². The first kappa shape index (κ1) is 17.6. The highest BCUT2D eigenvalue weighted by atomic mass is 35.5. The van der Waals surface area contributed by atoms with Gasteiger partial charge in [0.2, 0.25) is 4.77 Å². The molecule has 0 bridgehead atoms. The van der Waals surface area contributed by atoms with Gasteiger partial charge in [0.25, 0.3) is 5.56 Å². The van der Waals surface area contributed by atoms with Crippen LogP contribution in [0.15, 0.2) is 34.2 Å². The summed E-state index contributed by atoms with van der Waals surface area (Å²) < 4.78 is 3.13. The average Bonchev–Trinajstić information content (AvgIpc) is 2.81. The van der Waals surface area contributed by atoms with Gasteiger partial charge in [-0.05, 0) is 37.2 Å². The van der Waals surface area contributed by atoms with Crippen LogP contribution in [-0.2, 0) is 6.54 Å². The van der Waals surface area contributed by atoms with Crippen LogP contribution < -0.4 is 5.56 Å². The summed E-state index contributed by atoms with van der Waals surface area (Å²) in [6.07, 6.45) is 1.53. The van der Waals surface area contributed by atoms with Crippen LogP contribution in [0.2, 0.25) is 5.15 Å². The van der Waals surface area contributed by atoms with E-state index in [0.717, 1.165) is 10.4 Å². The van der Waals surface area contributed by atoms with Crippen molar-refractivity contribution in [3.05, 3.63) is 55.8 Å². The molecule has 0 fully saturated rings. The summed E-state index contributed by atoms with van der Waals surface area (Å²) in [5, 5.41) is 9.69. The normalized spacial score (nSPS) is 11.9. The van der Waals surface area contributed by atoms with Crippen LogP contribution in [0, 0.1) is 17.6 Å². The van der Waals surface area contributed by atoms with Crippen LogP contribution in [0.4, 0.5) is 0 Å². The highest BCUT2D eigenvalue weighted by Crippen LogP contribution is 2.19.